The normalized spacial score (nSPS) is 15.9. The van der Waals surface area contributed by atoms with E-state index in [2.05, 4.69) is 5.32 Å². The molecule has 1 saturated heterocycles. The van der Waals surface area contributed by atoms with E-state index in [0.29, 0.717) is 31.6 Å². The second kappa shape index (κ2) is 7.84. The van der Waals surface area contributed by atoms with Gasteiger partial charge in [0.2, 0.25) is 5.91 Å². The van der Waals surface area contributed by atoms with Gasteiger partial charge < -0.3 is 15.2 Å². The van der Waals surface area contributed by atoms with Gasteiger partial charge in [0, 0.05) is 24.8 Å². The molecule has 0 atom stereocenters. The Bertz CT molecular complexity index is 863. The first kappa shape index (κ1) is 19.0. The minimum absolute atomic E-state index is 0.0491. The second-order valence-electron chi connectivity index (χ2n) is 6.55. The Balaban J connectivity index is 1.83. The molecule has 0 spiro atoms. The van der Waals surface area contributed by atoms with E-state index in [9.17, 15) is 18.4 Å². The molecule has 0 bridgehead atoms. The second-order valence-corrected chi connectivity index (χ2v) is 6.55. The highest BCUT2D eigenvalue weighted by molar-refractivity contribution is 5.88. The lowest BCUT2D eigenvalue weighted by molar-refractivity contribution is -0.123. The zero-order chi connectivity index (χ0) is 19.4. The van der Waals surface area contributed by atoms with E-state index >= 15 is 0 Å². The SMILES string of the molecule is O=C(Cc1cccc(C(=O)O)c1)NC1(c2ccc(F)cc2F)CCOCC1. The molecule has 3 rings (SSSR count). The van der Waals surface area contributed by atoms with Crippen LogP contribution in [0.2, 0.25) is 0 Å². The quantitative estimate of drug-likeness (QED) is 0.842. The molecule has 0 saturated carbocycles. The third-order valence-electron chi connectivity index (χ3n) is 4.71. The van der Waals surface area contributed by atoms with E-state index in [-0.39, 0.29) is 23.5 Å². The molecule has 1 fully saturated rings. The lowest BCUT2D eigenvalue weighted by Gasteiger charge is -2.38. The third-order valence-corrected chi connectivity index (χ3v) is 4.71. The summed E-state index contributed by atoms with van der Waals surface area (Å²) in [6.07, 6.45) is 0.666. The van der Waals surface area contributed by atoms with Crippen molar-refractivity contribution in [2.45, 2.75) is 24.8 Å². The van der Waals surface area contributed by atoms with Gasteiger partial charge in [-0.05, 0) is 36.6 Å². The molecule has 2 N–H and O–H groups in total. The maximum absolute atomic E-state index is 14.4. The molecule has 1 amide bonds. The maximum atomic E-state index is 14.4. The summed E-state index contributed by atoms with van der Waals surface area (Å²) in [5.41, 5.74) is -0.142. The number of amides is 1. The van der Waals surface area contributed by atoms with Crippen molar-refractivity contribution in [1.29, 1.82) is 0 Å². The number of hydrogen-bond donors (Lipinski definition) is 2. The van der Waals surface area contributed by atoms with Crippen LogP contribution in [-0.2, 0) is 21.5 Å². The van der Waals surface area contributed by atoms with Crippen molar-refractivity contribution in [2.24, 2.45) is 0 Å². The lowest BCUT2D eigenvalue weighted by atomic mass is 9.82. The number of halogens is 2. The van der Waals surface area contributed by atoms with Gasteiger partial charge in [-0.25, -0.2) is 13.6 Å². The first-order valence-corrected chi connectivity index (χ1v) is 8.56. The average molecular weight is 375 g/mol. The van der Waals surface area contributed by atoms with E-state index in [4.69, 9.17) is 9.84 Å². The van der Waals surface area contributed by atoms with Gasteiger partial charge in [-0.2, -0.15) is 0 Å². The molecule has 0 aliphatic carbocycles. The van der Waals surface area contributed by atoms with E-state index in [1.807, 2.05) is 0 Å². The Labute approximate surface area is 155 Å². The van der Waals surface area contributed by atoms with Crippen molar-refractivity contribution in [3.05, 3.63) is 70.8 Å². The van der Waals surface area contributed by atoms with Crippen LogP contribution < -0.4 is 5.32 Å². The van der Waals surface area contributed by atoms with Crippen molar-refractivity contribution in [2.75, 3.05) is 13.2 Å². The number of aromatic carboxylic acids is 1. The summed E-state index contributed by atoms with van der Waals surface area (Å²) in [6, 6.07) is 9.40. The van der Waals surface area contributed by atoms with Crippen LogP contribution in [0.3, 0.4) is 0 Å². The zero-order valence-electron chi connectivity index (χ0n) is 14.5. The molecule has 1 heterocycles. The van der Waals surface area contributed by atoms with Crippen molar-refractivity contribution >= 4 is 11.9 Å². The van der Waals surface area contributed by atoms with Crippen LogP contribution in [0.1, 0.15) is 34.3 Å². The Kier molecular flexibility index (Phi) is 5.51. The number of carboxylic acid groups (broad SMARTS) is 1. The van der Waals surface area contributed by atoms with E-state index in [1.54, 1.807) is 12.1 Å². The Morgan fingerprint density at radius 2 is 1.85 bits per heavy atom. The van der Waals surface area contributed by atoms with E-state index in [1.165, 1.54) is 18.2 Å². The first-order valence-electron chi connectivity index (χ1n) is 8.56. The number of hydrogen-bond acceptors (Lipinski definition) is 3. The van der Waals surface area contributed by atoms with Gasteiger partial charge >= 0.3 is 5.97 Å². The van der Waals surface area contributed by atoms with Crippen molar-refractivity contribution in [1.82, 2.24) is 5.32 Å². The van der Waals surface area contributed by atoms with Gasteiger partial charge in [-0.3, -0.25) is 4.79 Å². The van der Waals surface area contributed by atoms with Gasteiger partial charge in [0.1, 0.15) is 11.6 Å². The molecule has 7 heteroatoms. The molecular formula is C20H19F2NO4. The van der Waals surface area contributed by atoms with E-state index in [0.717, 1.165) is 12.1 Å². The topological polar surface area (TPSA) is 75.6 Å². The van der Waals surface area contributed by atoms with Gasteiger partial charge in [-0.1, -0.05) is 18.2 Å². The number of nitrogens with one attached hydrogen (secondary N) is 1. The molecule has 142 valence electrons. The van der Waals surface area contributed by atoms with Crippen molar-refractivity contribution in [3.8, 4) is 0 Å². The Hall–Kier alpha value is -2.80. The van der Waals surface area contributed by atoms with Gasteiger partial charge in [0.25, 0.3) is 0 Å². The lowest BCUT2D eigenvalue weighted by Crippen LogP contribution is -2.50. The van der Waals surface area contributed by atoms with Crippen LogP contribution in [0.15, 0.2) is 42.5 Å². The van der Waals surface area contributed by atoms with Gasteiger partial charge in [0.05, 0.1) is 17.5 Å². The van der Waals surface area contributed by atoms with Crippen LogP contribution >= 0.6 is 0 Å². The average Bonchev–Trinajstić information content (AvgIpc) is 2.62. The fraction of sp³-hybridized carbons (Fsp3) is 0.300. The fourth-order valence-corrected chi connectivity index (χ4v) is 3.37. The standard InChI is InChI=1S/C20H19F2NO4/c21-15-4-5-16(17(22)12-15)20(6-8-27-9-7-20)23-18(24)11-13-2-1-3-14(10-13)19(25)26/h1-5,10,12H,6-9,11H2,(H,23,24)(H,25,26). The maximum Gasteiger partial charge on any atom is 0.335 e. The molecule has 2 aromatic rings. The van der Waals surface area contributed by atoms with Crippen LogP contribution in [0.25, 0.3) is 0 Å². The number of carboxylic acids is 1. The molecule has 0 unspecified atom stereocenters. The molecular weight excluding hydrogens is 356 g/mol. The fourth-order valence-electron chi connectivity index (χ4n) is 3.37. The molecule has 2 aromatic carbocycles. The third kappa shape index (κ3) is 4.31. The summed E-state index contributed by atoms with van der Waals surface area (Å²) in [7, 11) is 0. The largest absolute Gasteiger partial charge is 0.478 e. The van der Waals surface area contributed by atoms with Crippen LogP contribution in [0.4, 0.5) is 8.78 Å². The first-order chi connectivity index (χ1) is 12.9. The van der Waals surface area contributed by atoms with Crippen LogP contribution in [0, 0.1) is 11.6 Å². The van der Waals surface area contributed by atoms with Gasteiger partial charge in [-0.15, -0.1) is 0 Å². The number of ether oxygens (including phenoxy) is 1. The highest BCUT2D eigenvalue weighted by atomic mass is 19.1. The van der Waals surface area contributed by atoms with E-state index < -0.39 is 23.1 Å². The summed E-state index contributed by atoms with van der Waals surface area (Å²) in [6.45, 7) is 0.678. The summed E-state index contributed by atoms with van der Waals surface area (Å²) in [5.74, 6) is -2.85. The summed E-state index contributed by atoms with van der Waals surface area (Å²) in [5, 5.41) is 11.9. The molecule has 1 aliphatic heterocycles. The van der Waals surface area contributed by atoms with Crippen molar-refractivity contribution < 1.29 is 28.2 Å². The summed E-state index contributed by atoms with van der Waals surface area (Å²) >= 11 is 0. The number of rotatable bonds is 5. The predicted molar refractivity (Wildman–Crippen MR) is 93.3 cm³/mol. The zero-order valence-corrected chi connectivity index (χ0v) is 14.5. The molecule has 0 aromatic heterocycles. The summed E-state index contributed by atoms with van der Waals surface area (Å²) < 4.78 is 33.0. The highest BCUT2D eigenvalue weighted by Gasteiger charge is 2.38. The predicted octanol–water partition coefficient (Wildman–Crippen LogP) is 3.03. The number of benzene rings is 2. The van der Waals surface area contributed by atoms with Crippen molar-refractivity contribution in [3.63, 3.8) is 0 Å². The number of carbonyl (C=O) groups excluding carboxylic acids is 1. The minimum Gasteiger partial charge on any atom is -0.478 e. The highest BCUT2D eigenvalue weighted by Crippen LogP contribution is 2.34. The smallest absolute Gasteiger partial charge is 0.335 e. The Morgan fingerprint density at radius 3 is 2.52 bits per heavy atom. The monoisotopic (exact) mass is 375 g/mol. The molecule has 0 radical (unpaired) electrons. The summed E-state index contributed by atoms with van der Waals surface area (Å²) in [4.78, 5) is 23.7. The van der Waals surface area contributed by atoms with Crippen LogP contribution in [0.5, 0.6) is 0 Å². The molecule has 5 nitrogen and oxygen atoms in total. The van der Waals surface area contributed by atoms with Crippen LogP contribution in [-0.4, -0.2) is 30.2 Å². The van der Waals surface area contributed by atoms with Gasteiger partial charge in [0.15, 0.2) is 0 Å². The molecule has 1 aliphatic rings. The molecule has 27 heavy (non-hydrogen) atoms. The minimum atomic E-state index is -1.08. The Morgan fingerprint density at radius 1 is 1.11 bits per heavy atom. The number of carbonyl (C=O) groups is 2.